The van der Waals surface area contributed by atoms with Gasteiger partial charge in [0.05, 0.1) is 18.7 Å². The van der Waals surface area contributed by atoms with Crippen molar-refractivity contribution in [2.24, 2.45) is 5.92 Å². The van der Waals surface area contributed by atoms with E-state index in [1.165, 1.54) is 6.20 Å². The van der Waals surface area contributed by atoms with Crippen LogP contribution in [0.4, 0.5) is 5.82 Å². The lowest BCUT2D eigenvalue weighted by atomic mass is 10.0. The van der Waals surface area contributed by atoms with Crippen LogP contribution in [0.5, 0.6) is 0 Å². The summed E-state index contributed by atoms with van der Waals surface area (Å²) in [4.78, 5) is 11.8. The second kappa shape index (κ2) is 4.77. The Kier molecular flexibility index (Phi) is 3.17. The molecule has 1 amide bonds. The van der Waals surface area contributed by atoms with Gasteiger partial charge in [-0.2, -0.15) is 10.4 Å². The van der Waals surface area contributed by atoms with Crippen molar-refractivity contribution in [3.8, 4) is 6.07 Å². The van der Waals surface area contributed by atoms with E-state index in [1.807, 2.05) is 6.07 Å². The van der Waals surface area contributed by atoms with Crippen molar-refractivity contribution in [1.82, 2.24) is 10.2 Å². The summed E-state index contributed by atoms with van der Waals surface area (Å²) in [6, 6.07) is 1.94. The molecular weight excluding hydrogens is 208 g/mol. The van der Waals surface area contributed by atoms with E-state index in [0.29, 0.717) is 18.0 Å². The summed E-state index contributed by atoms with van der Waals surface area (Å²) in [7, 11) is 0. The van der Waals surface area contributed by atoms with E-state index >= 15 is 0 Å². The Balaban J connectivity index is 1.99. The summed E-state index contributed by atoms with van der Waals surface area (Å²) in [5.74, 6) is 0.0992. The van der Waals surface area contributed by atoms with Crippen molar-refractivity contribution in [2.45, 2.75) is 12.8 Å². The molecule has 0 saturated carbocycles. The van der Waals surface area contributed by atoms with E-state index in [1.54, 1.807) is 0 Å². The van der Waals surface area contributed by atoms with Crippen LogP contribution in [-0.2, 0) is 9.53 Å². The van der Waals surface area contributed by atoms with Gasteiger partial charge in [-0.05, 0) is 12.8 Å². The first-order chi connectivity index (χ1) is 7.81. The topological polar surface area (TPSA) is 90.8 Å². The molecule has 2 N–H and O–H groups in total. The molecule has 1 saturated heterocycles. The van der Waals surface area contributed by atoms with Gasteiger partial charge in [0, 0.05) is 6.61 Å². The minimum atomic E-state index is -0.136. The SMILES string of the molecule is N#Cc1cn[nH]c1NC(=O)C1CCCOC1. The van der Waals surface area contributed by atoms with E-state index in [9.17, 15) is 4.79 Å². The molecule has 0 aliphatic carbocycles. The molecular formula is C10H12N4O2. The molecule has 1 fully saturated rings. The van der Waals surface area contributed by atoms with Crippen molar-refractivity contribution in [2.75, 3.05) is 18.5 Å². The monoisotopic (exact) mass is 220 g/mol. The highest BCUT2D eigenvalue weighted by atomic mass is 16.5. The number of anilines is 1. The van der Waals surface area contributed by atoms with E-state index in [4.69, 9.17) is 10.00 Å². The zero-order valence-electron chi connectivity index (χ0n) is 8.69. The lowest BCUT2D eigenvalue weighted by Crippen LogP contribution is -2.30. The molecule has 1 aliphatic rings. The molecule has 1 atom stereocenters. The first kappa shape index (κ1) is 10.6. The van der Waals surface area contributed by atoms with Crippen LogP contribution in [0.2, 0.25) is 0 Å². The van der Waals surface area contributed by atoms with Crippen LogP contribution in [0, 0.1) is 17.2 Å². The molecule has 6 nitrogen and oxygen atoms in total. The smallest absolute Gasteiger partial charge is 0.230 e. The van der Waals surface area contributed by atoms with Crippen molar-refractivity contribution in [1.29, 1.82) is 5.26 Å². The molecule has 0 spiro atoms. The fourth-order valence-electron chi connectivity index (χ4n) is 1.64. The molecule has 16 heavy (non-hydrogen) atoms. The third-order valence-electron chi connectivity index (χ3n) is 2.54. The van der Waals surface area contributed by atoms with Gasteiger partial charge in [-0.3, -0.25) is 9.89 Å². The molecule has 1 aliphatic heterocycles. The fourth-order valence-corrected chi connectivity index (χ4v) is 1.64. The first-order valence-corrected chi connectivity index (χ1v) is 5.13. The van der Waals surface area contributed by atoms with Gasteiger partial charge in [0.25, 0.3) is 0 Å². The summed E-state index contributed by atoms with van der Waals surface area (Å²) >= 11 is 0. The molecule has 0 aromatic carbocycles. The number of hydrogen-bond acceptors (Lipinski definition) is 4. The minimum Gasteiger partial charge on any atom is -0.381 e. The normalized spacial score (nSPS) is 20.1. The lowest BCUT2D eigenvalue weighted by Gasteiger charge is -2.20. The van der Waals surface area contributed by atoms with Crippen LogP contribution in [0.15, 0.2) is 6.20 Å². The number of nitriles is 1. The number of H-pyrrole nitrogens is 1. The minimum absolute atomic E-state index is 0.125. The van der Waals surface area contributed by atoms with Crippen LogP contribution < -0.4 is 5.32 Å². The Bertz CT molecular complexity index is 415. The third kappa shape index (κ3) is 2.20. The number of aromatic nitrogens is 2. The number of carbonyl (C=O) groups excluding carboxylic acids is 1. The Morgan fingerprint density at radius 3 is 3.31 bits per heavy atom. The van der Waals surface area contributed by atoms with Gasteiger partial charge in [-0.15, -0.1) is 0 Å². The second-order valence-electron chi connectivity index (χ2n) is 3.67. The van der Waals surface area contributed by atoms with Gasteiger partial charge in [0.1, 0.15) is 17.5 Å². The van der Waals surface area contributed by atoms with Gasteiger partial charge in [-0.25, -0.2) is 0 Å². The molecule has 0 radical (unpaired) electrons. The van der Waals surface area contributed by atoms with Gasteiger partial charge < -0.3 is 10.1 Å². The Morgan fingerprint density at radius 1 is 1.75 bits per heavy atom. The average molecular weight is 220 g/mol. The highest BCUT2D eigenvalue weighted by molar-refractivity contribution is 5.92. The maximum atomic E-state index is 11.8. The molecule has 1 aromatic rings. The molecule has 84 valence electrons. The van der Waals surface area contributed by atoms with Crippen molar-refractivity contribution < 1.29 is 9.53 Å². The molecule has 2 rings (SSSR count). The van der Waals surface area contributed by atoms with Gasteiger partial charge in [-0.1, -0.05) is 0 Å². The number of nitrogens with one attached hydrogen (secondary N) is 2. The molecule has 1 aromatic heterocycles. The number of hydrogen-bond donors (Lipinski definition) is 2. The number of ether oxygens (including phenoxy) is 1. The summed E-state index contributed by atoms with van der Waals surface area (Å²) in [6.45, 7) is 1.17. The Labute approximate surface area is 92.6 Å². The van der Waals surface area contributed by atoms with Crippen LogP contribution in [0.1, 0.15) is 18.4 Å². The Morgan fingerprint density at radius 2 is 2.62 bits per heavy atom. The van der Waals surface area contributed by atoms with Crippen molar-refractivity contribution in [3.63, 3.8) is 0 Å². The second-order valence-corrected chi connectivity index (χ2v) is 3.67. The van der Waals surface area contributed by atoms with Crippen LogP contribution in [0.3, 0.4) is 0 Å². The zero-order chi connectivity index (χ0) is 11.4. The molecule has 1 unspecified atom stereocenters. The standard InChI is InChI=1S/C10H12N4O2/c11-4-8-5-12-14-9(8)13-10(15)7-2-1-3-16-6-7/h5,7H,1-3,6H2,(H2,12,13,14,15). The van der Waals surface area contributed by atoms with Crippen LogP contribution in [0.25, 0.3) is 0 Å². The van der Waals surface area contributed by atoms with E-state index in [0.717, 1.165) is 19.4 Å². The highest BCUT2D eigenvalue weighted by Gasteiger charge is 2.22. The summed E-state index contributed by atoms with van der Waals surface area (Å²) in [5, 5.41) is 17.7. The Hall–Kier alpha value is -1.87. The fraction of sp³-hybridized carbons (Fsp3) is 0.500. The van der Waals surface area contributed by atoms with Gasteiger partial charge in [0.15, 0.2) is 0 Å². The highest BCUT2D eigenvalue weighted by Crippen LogP contribution is 2.17. The van der Waals surface area contributed by atoms with Gasteiger partial charge >= 0.3 is 0 Å². The number of carbonyl (C=O) groups is 1. The first-order valence-electron chi connectivity index (χ1n) is 5.13. The maximum Gasteiger partial charge on any atom is 0.230 e. The third-order valence-corrected chi connectivity index (χ3v) is 2.54. The van der Waals surface area contributed by atoms with Crippen LogP contribution >= 0.6 is 0 Å². The predicted octanol–water partition coefficient (Wildman–Crippen LogP) is 0.646. The predicted molar refractivity (Wildman–Crippen MR) is 55.5 cm³/mol. The molecule has 2 heterocycles. The quantitative estimate of drug-likeness (QED) is 0.765. The molecule has 6 heteroatoms. The average Bonchev–Trinajstić information content (AvgIpc) is 2.77. The van der Waals surface area contributed by atoms with E-state index in [2.05, 4.69) is 15.5 Å². The largest absolute Gasteiger partial charge is 0.381 e. The van der Waals surface area contributed by atoms with Crippen molar-refractivity contribution in [3.05, 3.63) is 11.8 Å². The van der Waals surface area contributed by atoms with Gasteiger partial charge in [0.2, 0.25) is 5.91 Å². The summed E-state index contributed by atoms with van der Waals surface area (Å²) in [6.07, 6.45) is 3.10. The summed E-state index contributed by atoms with van der Waals surface area (Å²) in [5.41, 5.74) is 0.338. The number of amides is 1. The zero-order valence-corrected chi connectivity index (χ0v) is 8.69. The lowest BCUT2D eigenvalue weighted by molar-refractivity contribution is -0.123. The summed E-state index contributed by atoms with van der Waals surface area (Å²) < 4.78 is 5.23. The van der Waals surface area contributed by atoms with E-state index in [-0.39, 0.29) is 11.8 Å². The molecule has 0 bridgehead atoms. The van der Waals surface area contributed by atoms with Crippen LogP contribution in [-0.4, -0.2) is 29.3 Å². The maximum absolute atomic E-state index is 11.8. The van der Waals surface area contributed by atoms with E-state index < -0.39 is 0 Å². The number of nitrogens with zero attached hydrogens (tertiary/aromatic N) is 2. The van der Waals surface area contributed by atoms with Crippen molar-refractivity contribution >= 4 is 11.7 Å². The number of aromatic amines is 1. The number of rotatable bonds is 2.